The van der Waals surface area contributed by atoms with Crippen molar-refractivity contribution in [2.24, 2.45) is 0 Å². The molecule has 0 unspecified atom stereocenters. The zero-order valence-corrected chi connectivity index (χ0v) is 7.14. The second kappa shape index (κ2) is 5.81. The van der Waals surface area contributed by atoms with Crippen LogP contribution in [0.25, 0.3) is 0 Å². The molecule has 3 nitrogen and oxygen atoms in total. The molecule has 0 atom stereocenters. The van der Waals surface area contributed by atoms with Crippen LogP contribution in [0.5, 0.6) is 0 Å². The van der Waals surface area contributed by atoms with Gasteiger partial charge in [0.05, 0.1) is 0 Å². The fraction of sp³-hybridized carbons (Fsp3) is 0.286. The van der Waals surface area contributed by atoms with Crippen molar-refractivity contribution in [3.8, 4) is 0 Å². The third-order valence-electron chi connectivity index (χ3n) is 1.10. The van der Waals surface area contributed by atoms with E-state index in [1.165, 1.54) is 0 Å². The van der Waals surface area contributed by atoms with Crippen LogP contribution < -0.4 is 0 Å². The van der Waals surface area contributed by atoms with Crippen LogP contribution in [0.2, 0.25) is 0 Å². The Morgan fingerprint density at radius 2 is 2.36 bits per heavy atom. The monoisotopic (exact) mass is 172 g/mol. The maximum atomic E-state index is 10.8. The van der Waals surface area contributed by atoms with Gasteiger partial charge in [-0.1, -0.05) is 12.2 Å². The smallest absolute Gasteiger partial charge is 0.369 e. The van der Waals surface area contributed by atoms with Crippen LogP contribution in [0.3, 0.4) is 0 Å². The number of carbonyl (C=O) groups excluding carboxylic acids is 1. The Bertz CT molecular complexity index is 196. The van der Waals surface area contributed by atoms with E-state index in [-0.39, 0.29) is 0 Å². The van der Waals surface area contributed by atoms with Crippen LogP contribution in [0.15, 0.2) is 24.3 Å². The number of hydrogen-bond donors (Lipinski definition) is 0. The zero-order chi connectivity index (χ0) is 8.69. The first-order valence-electron chi connectivity index (χ1n) is 3.06. The molecule has 0 saturated heterocycles. The van der Waals surface area contributed by atoms with Crippen molar-refractivity contribution in [3.05, 3.63) is 24.3 Å². The Kier molecular flexibility index (Phi) is 5.30. The van der Waals surface area contributed by atoms with Crippen LogP contribution in [0, 0.1) is 0 Å². The summed E-state index contributed by atoms with van der Waals surface area (Å²) in [4.78, 5) is 10.8. The summed E-state index contributed by atoms with van der Waals surface area (Å²) in [6, 6.07) is 0. The van der Waals surface area contributed by atoms with Gasteiger partial charge >= 0.3 is 14.7 Å². The van der Waals surface area contributed by atoms with Gasteiger partial charge in [-0.3, -0.25) is 0 Å². The summed E-state index contributed by atoms with van der Waals surface area (Å²) in [7, 11) is -0.616. The van der Waals surface area contributed by atoms with Crippen molar-refractivity contribution >= 4 is 14.7 Å². The van der Waals surface area contributed by atoms with Gasteiger partial charge in [0.2, 0.25) is 0 Å². The molecule has 11 heavy (non-hydrogen) atoms. The highest BCUT2D eigenvalue weighted by Gasteiger charge is 2.07. The van der Waals surface area contributed by atoms with Gasteiger partial charge in [0.15, 0.2) is 0 Å². The molecule has 0 radical (unpaired) electrons. The normalized spacial score (nSPS) is 11.2. The fourth-order valence-electron chi connectivity index (χ4n) is 0.567. The summed E-state index contributed by atoms with van der Waals surface area (Å²) >= 11 is 0. The maximum Gasteiger partial charge on any atom is 0.398 e. The zero-order valence-electron chi connectivity index (χ0n) is 6.24. The molecule has 0 amide bonds. The van der Waals surface area contributed by atoms with Crippen LogP contribution in [0.4, 0.5) is 0 Å². The standard InChI is InChI=1S/C7H9O3P/c1-3-5-6(4-2)7(8)10-11-9/h3-4H,1,5H2,2H3/b6-4+. The third-order valence-corrected chi connectivity index (χ3v) is 1.34. The molecule has 60 valence electrons. The average molecular weight is 172 g/mol. The molecule has 0 saturated carbocycles. The van der Waals surface area contributed by atoms with Gasteiger partial charge in [-0.25, -0.2) is 9.36 Å². The summed E-state index contributed by atoms with van der Waals surface area (Å²) in [5, 5.41) is 0. The molecular weight excluding hydrogens is 163 g/mol. The van der Waals surface area contributed by atoms with Gasteiger partial charge in [-0.15, -0.1) is 6.58 Å². The van der Waals surface area contributed by atoms with E-state index in [0.717, 1.165) is 0 Å². The van der Waals surface area contributed by atoms with E-state index in [1.54, 1.807) is 19.1 Å². The highest BCUT2D eigenvalue weighted by Crippen LogP contribution is 2.08. The Balaban J connectivity index is 4.14. The molecule has 0 bridgehead atoms. The summed E-state index contributed by atoms with van der Waals surface area (Å²) in [5.74, 6) is -0.566. The first-order valence-corrected chi connectivity index (χ1v) is 3.79. The molecule has 0 aliphatic heterocycles. The van der Waals surface area contributed by atoms with Crippen LogP contribution >= 0.6 is 8.69 Å². The second-order valence-corrected chi connectivity index (χ2v) is 2.09. The van der Waals surface area contributed by atoms with Crippen molar-refractivity contribution in [1.82, 2.24) is 0 Å². The molecule has 0 rings (SSSR count). The fourth-order valence-corrected chi connectivity index (χ4v) is 0.752. The topological polar surface area (TPSA) is 43.4 Å². The van der Waals surface area contributed by atoms with Crippen molar-refractivity contribution < 1.29 is 13.9 Å². The lowest BCUT2D eigenvalue weighted by Gasteiger charge is -1.96. The molecule has 0 fully saturated rings. The Morgan fingerprint density at radius 1 is 1.73 bits per heavy atom. The summed E-state index contributed by atoms with van der Waals surface area (Å²) in [6.07, 6.45) is 3.62. The highest BCUT2D eigenvalue weighted by molar-refractivity contribution is 7.18. The van der Waals surface area contributed by atoms with Gasteiger partial charge in [-0.05, 0) is 13.3 Å². The minimum Gasteiger partial charge on any atom is -0.369 e. The largest absolute Gasteiger partial charge is 0.398 e. The summed E-state index contributed by atoms with van der Waals surface area (Å²) in [5.41, 5.74) is 0.461. The van der Waals surface area contributed by atoms with Crippen LogP contribution in [-0.4, -0.2) is 5.97 Å². The highest BCUT2D eigenvalue weighted by atomic mass is 31.1. The molecule has 0 heterocycles. The van der Waals surface area contributed by atoms with E-state index < -0.39 is 14.7 Å². The first kappa shape index (κ1) is 10.0. The second-order valence-electron chi connectivity index (χ2n) is 1.76. The molecule has 0 N–H and O–H groups in total. The predicted molar refractivity (Wildman–Crippen MR) is 42.3 cm³/mol. The first-order chi connectivity index (χ1) is 5.26. The van der Waals surface area contributed by atoms with Crippen molar-refractivity contribution in [2.75, 3.05) is 0 Å². The summed E-state index contributed by atoms with van der Waals surface area (Å²) < 4.78 is 14.1. The van der Waals surface area contributed by atoms with Crippen molar-refractivity contribution in [1.29, 1.82) is 0 Å². The molecular formula is C7H9O3P. The van der Waals surface area contributed by atoms with Gasteiger partial charge in [0.1, 0.15) is 0 Å². The lowest BCUT2D eigenvalue weighted by atomic mass is 10.2. The SMILES string of the molecule is C=CC/C(=C\C)C(=O)OP=O. The number of hydrogen-bond acceptors (Lipinski definition) is 3. The maximum absolute atomic E-state index is 10.8. The van der Waals surface area contributed by atoms with E-state index in [9.17, 15) is 9.36 Å². The molecule has 0 aliphatic rings. The molecule has 0 aliphatic carbocycles. The Hall–Kier alpha value is -0.950. The number of carbonyl (C=O) groups is 1. The van der Waals surface area contributed by atoms with Gasteiger partial charge in [-0.2, -0.15) is 0 Å². The minimum absolute atomic E-state index is 0.435. The number of allylic oxidation sites excluding steroid dienone is 2. The lowest BCUT2D eigenvalue weighted by Crippen LogP contribution is -2.00. The van der Waals surface area contributed by atoms with Crippen LogP contribution in [-0.2, 0) is 13.9 Å². The summed E-state index contributed by atoms with van der Waals surface area (Å²) in [6.45, 7) is 5.17. The third kappa shape index (κ3) is 3.68. The molecule has 0 spiro atoms. The van der Waals surface area contributed by atoms with E-state index in [4.69, 9.17) is 0 Å². The van der Waals surface area contributed by atoms with Gasteiger partial charge < -0.3 is 4.52 Å². The average Bonchev–Trinajstić information content (AvgIpc) is 2.00. The van der Waals surface area contributed by atoms with Crippen molar-refractivity contribution in [2.45, 2.75) is 13.3 Å². The molecule has 0 aromatic carbocycles. The van der Waals surface area contributed by atoms with Crippen molar-refractivity contribution in [3.63, 3.8) is 0 Å². The molecule has 4 heteroatoms. The van der Waals surface area contributed by atoms with Gasteiger partial charge in [0, 0.05) is 5.57 Å². The quantitative estimate of drug-likeness (QED) is 0.371. The Labute approximate surface area is 67.0 Å². The van der Waals surface area contributed by atoms with Gasteiger partial charge in [0.25, 0.3) is 0 Å². The minimum atomic E-state index is -0.616. The predicted octanol–water partition coefficient (Wildman–Crippen LogP) is 2.26. The molecule has 0 aromatic heterocycles. The van der Waals surface area contributed by atoms with Crippen LogP contribution in [0.1, 0.15) is 13.3 Å². The van der Waals surface area contributed by atoms with E-state index in [0.29, 0.717) is 12.0 Å². The molecule has 0 aromatic rings. The van der Waals surface area contributed by atoms with E-state index in [2.05, 4.69) is 11.1 Å². The number of rotatable bonds is 4. The van der Waals surface area contributed by atoms with E-state index >= 15 is 0 Å². The lowest BCUT2D eigenvalue weighted by molar-refractivity contribution is -0.129. The Morgan fingerprint density at radius 3 is 2.73 bits per heavy atom. The van der Waals surface area contributed by atoms with E-state index in [1.807, 2.05) is 0 Å².